The van der Waals surface area contributed by atoms with Crippen LogP contribution in [0.5, 0.6) is 5.75 Å². The van der Waals surface area contributed by atoms with Crippen LogP contribution in [0.1, 0.15) is 22.3 Å². The molecule has 0 spiro atoms. The summed E-state index contributed by atoms with van der Waals surface area (Å²) in [5, 5.41) is 21.8. The molecule has 1 amide bonds. The quantitative estimate of drug-likeness (QED) is 0.402. The number of nitrogens with zero attached hydrogens (tertiary/aromatic N) is 1. The zero-order valence-corrected chi connectivity index (χ0v) is 17.2. The Morgan fingerprint density at radius 3 is 2.60 bits per heavy atom. The molecule has 3 rings (SSSR count). The number of carboxylic acids is 1. The number of thiazole rings is 1. The number of carbonyl (C=O) groups excluding carboxylic acids is 1. The van der Waals surface area contributed by atoms with Crippen molar-refractivity contribution in [3.05, 3.63) is 73.2 Å². The molecular formula is C21H17FN2O4S2. The van der Waals surface area contributed by atoms with Gasteiger partial charge in [-0.3, -0.25) is 4.79 Å². The molecule has 3 N–H and O–H groups in total. The summed E-state index contributed by atoms with van der Waals surface area (Å²) in [5.41, 5.74) is 0.694. The smallest absolute Gasteiger partial charge is 0.337 e. The molecule has 0 fully saturated rings. The van der Waals surface area contributed by atoms with Gasteiger partial charge in [0.2, 0.25) is 5.91 Å². The first kappa shape index (κ1) is 21.4. The predicted octanol–water partition coefficient (Wildman–Crippen LogP) is 3.09. The summed E-state index contributed by atoms with van der Waals surface area (Å²) in [6, 6.07) is 9.71. The second-order valence-corrected chi connectivity index (χ2v) is 8.04. The second-order valence-electron chi connectivity index (χ2n) is 6.36. The minimum absolute atomic E-state index is 0.0451. The van der Waals surface area contributed by atoms with Gasteiger partial charge in [-0.15, -0.1) is 11.3 Å². The van der Waals surface area contributed by atoms with E-state index in [1.165, 1.54) is 35.6 Å². The maximum Gasteiger partial charge on any atom is 0.337 e. The van der Waals surface area contributed by atoms with Gasteiger partial charge in [-0.2, -0.15) is 0 Å². The van der Waals surface area contributed by atoms with Crippen LogP contribution in [0.25, 0.3) is 12.7 Å². The van der Waals surface area contributed by atoms with Gasteiger partial charge in [0.05, 0.1) is 21.1 Å². The number of benzene rings is 2. The lowest BCUT2D eigenvalue weighted by Gasteiger charge is -2.09. The van der Waals surface area contributed by atoms with Gasteiger partial charge < -0.3 is 20.1 Å². The minimum atomic E-state index is -1.26. The molecule has 0 bridgehead atoms. The van der Waals surface area contributed by atoms with Gasteiger partial charge in [-0.25, -0.2) is 9.18 Å². The van der Waals surface area contributed by atoms with Crippen LogP contribution < -0.4 is 15.2 Å². The van der Waals surface area contributed by atoms with E-state index in [9.17, 15) is 24.2 Å². The number of phenols is 1. The highest BCUT2D eigenvalue weighted by Crippen LogP contribution is 2.21. The summed E-state index contributed by atoms with van der Waals surface area (Å²) in [4.78, 5) is 23.6. The molecule has 9 heteroatoms. The number of carboxylic acid groups (broad SMARTS) is 1. The van der Waals surface area contributed by atoms with Crippen molar-refractivity contribution in [3.8, 4) is 5.75 Å². The predicted molar refractivity (Wildman–Crippen MR) is 116 cm³/mol. The number of halogens is 1. The van der Waals surface area contributed by atoms with Crippen molar-refractivity contribution < 1.29 is 24.2 Å². The molecule has 1 aromatic heterocycles. The number of aromatic nitrogens is 1. The van der Waals surface area contributed by atoms with Crippen LogP contribution in [0.15, 0.2) is 42.5 Å². The Hall–Kier alpha value is -3.30. The number of anilines is 1. The Morgan fingerprint density at radius 2 is 1.93 bits per heavy atom. The molecule has 154 valence electrons. The third-order valence-electron chi connectivity index (χ3n) is 4.27. The topological polar surface area (TPSA) is 91.6 Å². The first-order valence-electron chi connectivity index (χ1n) is 8.76. The molecule has 0 aliphatic rings. The highest BCUT2D eigenvalue weighted by atomic mass is 32.1. The Kier molecular flexibility index (Phi) is 6.43. The van der Waals surface area contributed by atoms with Gasteiger partial charge in [0, 0.05) is 13.0 Å². The van der Waals surface area contributed by atoms with Gasteiger partial charge >= 0.3 is 5.97 Å². The average molecular weight is 445 g/mol. The van der Waals surface area contributed by atoms with Crippen molar-refractivity contribution in [3.63, 3.8) is 0 Å². The van der Waals surface area contributed by atoms with Gasteiger partial charge in [0.25, 0.3) is 0 Å². The summed E-state index contributed by atoms with van der Waals surface area (Å²) in [6.07, 6.45) is 1.89. The van der Waals surface area contributed by atoms with E-state index in [1.807, 2.05) is 6.08 Å². The fourth-order valence-corrected chi connectivity index (χ4v) is 4.14. The van der Waals surface area contributed by atoms with E-state index in [0.29, 0.717) is 9.30 Å². The number of nitrogens with one attached hydrogen (secondary N) is 1. The summed E-state index contributed by atoms with van der Waals surface area (Å²) in [6.45, 7) is 4.29. The van der Waals surface area contributed by atoms with Crippen LogP contribution in [-0.2, 0) is 11.3 Å². The molecule has 2 aromatic carbocycles. The van der Waals surface area contributed by atoms with E-state index in [-0.39, 0.29) is 35.8 Å². The van der Waals surface area contributed by atoms with Crippen molar-refractivity contribution in [2.45, 2.75) is 13.0 Å². The van der Waals surface area contributed by atoms with Crippen molar-refractivity contribution in [2.24, 2.45) is 0 Å². The van der Waals surface area contributed by atoms with Gasteiger partial charge in [0.1, 0.15) is 11.6 Å². The second kappa shape index (κ2) is 9.02. The molecule has 0 unspecified atom stereocenters. The monoisotopic (exact) mass is 444 g/mol. The van der Waals surface area contributed by atoms with E-state index in [4.69, 9.17) is 12.2 Å². The van der Waals surface area contributed by atoms with Crippen LogP contribution in [0, 0.1) is 9.77 Å². The maximum absolute atomic E-state index is 13.1. The molecule has 6 nitrogen and oxygen atoms in total. The summed E-state index contributed by atoms with van der Waals surface area (Å²) in [5.74, 6) is -2.19. The maximum atomic E-state index is 13.1. The highest BCUT2D eigenvalue weighted by Gasteiger charge is 2.14. The van der Waals surface area contributed by atoms with E-state index in [0.717, 1.165) is 16.2 Å². The Balaban J connectivity index is 1.75. The highest BCUT2D eigenvalue weighted by molar-refractivity contribution is 7.73. The molecule has 30 heavy (non-hydrogen) atoms. The molecular weight excluding hydrogens is 427 g/mol. The Labute approximate surface area is 179 Å². The SMILES string of the molecule is C=c1/c(=C/c2ccc(F)cc2)sc(=S)n1CCC(=O)Nc1ccc(O)cc1C(=O)O. The fraction of sp³-hybridized carbons (Fsp3) is 0.0952. The molecule has 0 radical (unpaired) electrons. The largest absolute Gasteiger partial charge is 0.508 e. The molecule has 0 saturated heterocycles. The van der Waals surface area contributed by atoms with E-state index in [2.05, 4.69) is 11.9 Å². The van der Waals surface area contributed by atoms with E-state index < -0.39 is 11.9 Å². The molecule has 0 aliphatic heterocycles. The molecule has 3 aromatic rings. The Morgan fingerprint density at radius 1 is 1.23 bits per heavy atom. The summed E-state index contributed by atoms with van der Waals surface area (Å²) in [7, 11) is 0. The third-order valence-corrected chi connectivity index (χ3v) is 5.70. The minimum Gasteiger partial charge on any atom is -0.508 e. The zero-order valence-electron chi connectivity index (χ0n) is 15.6. The number of carbonyl (C=O) groups is 2. The number of phenolic OH excluding ortho intramolecular Hbond substituents is 1. The summed E-state index contributed by atoms with van der Waals surface area (Å²) >= 11 is 6.71. The third kappa shape index (κ3) is 5.00. The number of rotatable bonds is 6. The standard InChI is InChI=1S/C21H17FN2O4S2/c1-12-18(10-13-2-4-14(22)5-3-13)30-21(29)24(12)9-8-19(26)23-17-7-6-15(25)11-16(17)20(27)28/h2-7,10-11,25H,1,8-9H2,(H,23,26)(H,27,28)/b18-10-. The lowest BCUT2D eigenvalue weighted by Crippen LogP contribution is -2.28. The van der Waals surface area contributed by atoms with Crippen molar-refractivity contribution in [2.75, 3.05) is 5.32 Å². The van der Waals surface area contributed by atoms with Gasteiger partial charge in [-0.1, -0.05) is 18.7 Å². The number of hydrogen-bond donors (Lipinski definition) is 3. The molecule has 0 saturated carbocycles. The van der Waals surface area contributed by atoms with Crippen molar-refractivity contribution >= 4 is 53.8 Å². The van der Waals surface area contributed by atoms with Crippen molar-refractivity contribution in [1.82, 2.24) is 4.57 Å². The van der Waals surface area contributed by atoms with Gasteiger partial charge in [-0.05, 0) is 54.2 Å². The zero-order chi connectivity index (χ0) is 21.8. The molecule has 1 heterocycles. The first-order valence-corrected chi connectivity index (χ1v) is 9.99. The normalized spacial score (nSPS) is 11.4. The Bertz CT molecular complexity index is 1280. The van der Waals surface area contributed by atoms with Crippen LogP contribution in [0.3, 0.4) is 0 Å². The molecule has 0 aliphatic carbocycles. The average Bonchev–Trinajstić information content (AvgIpc) is 2.96. The van der Waals surface area contributed by atoms with Crippen LogP contribution in [-0.4, -0.2) is 26.7 Å². The lowest BCUT2D eigenvalue weighted by molar-refractivity contribution is -0.116. The number of aromatic hydroxyl groups is 1. The fourth-order valence-electron chi connectivity index (χ4n) is 2.74. The summed E-state index contributed by atoms with van der Waals surface area (Å²) < 4.78 is 16.1. The van der Waals surface area contributed by atoms with Crippen LogP contribution in [0.4, 0.5) is 10.1 Å². The van der Waals surface area contributed by atoms with E-state index in [1.54, 1.807) is 16.7 Å². The molecule has 0 atom stereocenters. The van der Waals surface area contributed by atoms with E-state index >= 15 is 0 Å². The van der Waals surface area contributed by atoms with Crippen LogP contribution in [0.2, 0.25) is 0 Å². The van der Waals surface area contributed by atoms with Crippen LogP contribution >= 0.6 is 23.6 Å². The number of amides is 1. The number of aromatic carboxylic acids is 1. The number of hydrogen-bond acceptors (Lipinski definition) is 5. The van der Waals surface area contributed by atoms with Gasteiger partial charge in [0.15, 0.2) is 3.95 Å². The lowest BCUT2D eigenvalue weighted by atomic mass is 10.1. The first-order chi connectivity index (χ1) is 14.2. The van der Waals surface area contributed by atoms with Crippen molar-refractivity contribution in [1.29, 1.82) is 0 Å².